The molecule has 1 aliphatic heterocycles. The zero-order chi connectivity index (χ0) is 21.1. The summed E-state index contributed by atoms with van der Waals surface area (Å²) < 4.78 is 32.3. The van der Waals surface area contributed by atoms with Crippen molar-refractivity contribution in [1.29, 1.82) is 0 Å². The predicted octanol–water partition coefficient (Wildman–Crippen LogP) is 3.08. The fraction of sp³-hybridized carbons (Fsp3) is 0.286. The van der Waals surface area contributed by atoms with Crippen molar-refractivity contribution in [3.8, 4) is 11.5 Å². The van der Waals surface area contributed by atoms with Crippen LogP contribution < -0.4 is 5.32 Å². The number of nitrogens with one attached hydrogen (secondary N) is 1. The maximum atomic E-state index is 12.8. The number of piperidine rings is 1. The van der Waals surface area contributed by atoms with E-state index in [2.05, 4.69) is 15.5 Å². The third-order valence-electron chi connectivity index (χ3n) is 5.22. The van der Waals surface area contributed by atoms with Gasteiger partial charge in [0.15, 0.2) is 0 Å². The van der Waals surface area contributed by atoms with E-state index in [1.807, 2.05) is 13.0 Å². The van der Waals surface area contributed by atoms with Crippen LogP contribution in [-0.4, -0.2) is 41.9 Å². The average molecular weight is 426 g/mol. The number of aryl methyl sites for hydroxylation is 1. The van der Waals surface area contributed by atoms with Gasteiger partial charge in [-0.05, 0) is 50.1 Å². The van der Waals surface area contributed by atoms with Crippen molar-refractivity contribution in [3.05, 3.63) is 60.5 Å². The van der Waals surface area contributed by atoms with Crippen LogP contribution in [0, 0.1) is 12.8 Å². The molecule has 1 fully saturated rings. The van der Waals surface area contributed by atoms with E-state index in [-0.39, 0.29) is 16.7 Å². The van der Waals surface area contributed by atoms with Gasteiger partial charge in [-0.1, -0.05) is 23.8 Å². The van der Waals surface area contributed by atoms with Gasteiger partial charge in [0.1, 0.15) is 0 Å². The van der Waals surface area contributed by atoms with Gasteiger partial charge in [-0.25, -0.2) is 8.42 Å². The van der Waals surface area contributed by atoms with E-state index in [0.717, 1.165) is 5.56 Å². The van der Waals surface area contributed by atoms with Gasteiger partial charge in [0.05, 0.1) is 4.90 Å². The highest BCUT2D eigenvalue weighted by molar-refractivity contribution is 7.89. The highest BCUT2D eigenvalue weighted by Gasteiger charge is 2.32. The number of hydrogen-bond acceptors (Lipinski definition) is 6. The lowest BCUT2D eigenvalue weighted by atomic mass is 9.97. The fourth-order valence-electron chi connectivity index (χ4n) is 3.49. The summed E-state index contributed by atoms with van der Waals surface area (Å²) in [5.74, 6) is 0.00677. The first-order valence-electron chi connectivity index (χ1n) is 9.68. The number of anilines is 1. The highest BCUT2D eigenvalue weighted by atomic mass is 32.2. The molecule has 9 heteroatoms. The Bertz CT molecular complexity index is 1120. The molecule has 30 heavy (non-hydrogen) atoms. The molecule has 0 aliphatic carbocycles. The second-order valence-corrected chi connectivity index (χ2v) is 9.24. The summed E-state index contributed by atoms with van der Waals surface area (Å²) >= 11 is 0. The number of carbonyl (C=O) groups excluding carboxylic acids is 1. The maximum Gasteiger partial charge on any atom is 0.247 e. The fourth-order valence-corrected chi connectivity index (χ4v) is 4.96. The van der Waals surface area contributed by atoms with E-state index in [0.29, 0.717) is 43.1 Å². The summed E-state index contributed by atoms with van der Waals surface area (Å²) in [7, 11) is -3.54. The average Bonchev–Trinajstić information content (AvgIpc) is 3.29. The summed E-state index contributed by atoms with van der Waals surface area (Å²) in [5, 5.41) is 10.4. The smallest absolute Gasteiger partial charge is 0.247 e. The minimum Gasteiger partial charge on any atom is -0.423 e. The van der Waals surface area contributed by atoms with Gasteiger partial charge >= 0.3 is 0 Å². The second-order valence-electron chi connectivity index (χ2n) is 7.31. The molecule has 1 saturated heterocycles. The maximum absolute atomic E-state index is 12.8. The van der Waals surface area contributed by atoms with Crippen molar-refractivity contribution < 1.29 is 17.6 Å². The van der Waals surface area contributed by atoms with Crippen LogP contribution in [0.4, 0.5) is 5.69 Å². The van der Waals surface area contributed by atoms with E-state index in [1.165, 1.54) is 10.7 Å². The normalized spacial score (nSPS) is 15.8. The van der Waals surface area contributed by atoms with Gasteiger partial charge in [-0.2, -0.15) is 4.31 Å². The third kappa shape index (κ3) is 4.27. The summed E-state index contributed by atoms with van der Waals surface area (Å²) in [6.45, 7) is 2.55. The molecule has 0 saturated carbocycles. The number of amides is 1. The van der Waals surface area contributed by atoms with Gasteiger partial charge < -0.3 is 9.73 Å². The lowest BCUT2D eigenvalue weighted by Gasteiger charge is -2.30. The van der Waals surface area contributed by atoms with Crippen molar-refractivity contribution in [2.24, 2.45) is 5.92 Å². The molecule has 1 amide bonds. The van der Waals surface area contributed by atoms with E-state index >= 15 is 0 Å². The SMILES string of the molecule is Cc1ccc(S(=O)(=O)N2CCC(C(=O)Nc3cccc(-c4nnco4)c3)CC2)cc1. The van der Waals surface area contributed by atoms with Gasteiger partial charge in [0.25, 0.3) is 0 Å². The third-order valence-corrected chi connectivity index (χ3v) is 7.13. The molecule has 8 nitrogen and oxygen atoms in total. The molecule has 0 radical (unpaired) electrons. The van der Waals surface area contributed by atoms with E-state index in [9.17, 15) is 13.2 Å². The summed E-state index contributed by atoms with van der Waals surface area (Å²) in [5.41, 5.74) is 2.35. The molecule has 0 spiro atoms. The monoisotopic (exact) mass is 426 g/mol. The largest absolute Gasteiger partial charge is 0.423 e. The number of benzene rings is 2. The van der Waals surface area contributed by atoms with Crippen molar-refractivity contribution in [3.63, 3.8) is 0 Å². The number of hydrogen-bond donors (Lipinski definition) is 1. The molecular formula is C21H22N4O4S. The van der Waals surface area contributed by atoms with Gasteiger partial charge in [0.2, 0.25) is 28.2 Å². The number of aromatic nitrogens is 2. The first-order chi connectivity index (χ1) is 14.4. The lowest BCUT2D eigenvalue weighted by molar-refractivity contribution is -0.120. The van der Waals surface area contributed by atoms with Crippen LogP contribution in [0.25, 0.3) is 11.5 Å². The first kappa shape index (κ1) is 20.2. The second kappa shape index (κ2) is 8.37. The Morgan fingerprint density at radius 2 is 1.87 bits per heavy atom. The molecule has 3 aromatic rings. The quantitative estimate of drug-likeness (QED) is 0.672. The van der Waals surface area contributed by atoms with Gasteiger partial charge in [-0.3, -0.25) is 4.79 Å². The Labute approximate surface area is 175 Å². The van der Waals surface area contributed by atoms with Gasteiger partial charge in [-0.15, -0.1) is 10.2 Å². The predicted molar refractivity (Wildman–Crippen MR) is 111 cm³/mol. The van der Waals surface area contributed by atoms with Gasteiger partial charge in [0, 0.05) is 30.3 Å². The molecule has 1 aliphatic rings. The molecule has 0 unspecified atom stereocenters. The Morgan fingerprint density at radius 1 is 1.13 bits per heavy atom. The topological polar surface area (TPSA) is 105 Å². The van der Waals surface area contributed by atoms with E-state index in [4.69, 9.17) is 4.42 Å². The number of sulfonamides is 1. The van der Waals surface area contributed by atoms with Crippen LogP contribution in [0.1, 0.15) is 18.4 Å². The number of nitrogens with zero attached hydrogens (tertiary/aromatic N) is 3. The molecular weight excluding hydrogens is 404 g/mol. The minimum absolute atomic E-state index is 0.120. The molecule has 2 aromatic carbocycles. The molecule has 0 atom stereocenters. The van der Waals surface area contributed by atoms with Crippen LogP contribution in [-0.2, 0) is 14.8 Å². The van der Waals surface area contributed by atoms with E-state index in [1.54, 1.807) is 42.5 Å². The molecule has 0 bridgehead atoms. The van der Waals surface area contributed by atoms with E-state index < -0.39 is 10.0 Å². The van der Waals surface area contributed by atoms with Crippen molar-refractivity contribution >= 4 is 21.6 Å². The van der Waals surface area contributed by atoms with Crippen LogP contribution in [0.5, 0.6) is 0 Å². The summed E-state index contributed by atoms with van der Waals surface area (Å²) in [6.07, 6.45) is 2.19. The van der Waals surface area contributed by atoms with Crippen LogP contribution >= 0.6 is 0 Å². The first-order valence-corrected chi connectivity index (χ1v) is 11.1. The van der Waals surface area contributed by atoms with Crippen molar-refractivity contribution in [2.75, 3.05) is 18.4 Å². The lowest BCUT2D eigenvalue weighted by Crippen LogP contribution is -2.41. The molecule has 156 valence electrons. The molecule has 2 heterocycles. The Morgan fingerprint density at radius 3 is 2.53 bits per heavy atom. The highest BCUT2D eigenvalue weighted by Crippen LogP contribution is 2.26. The Kier molecular flexibility index (Phi) is 5.65. The van der Waals surface area contributed by atoms with Crippen LogP contribution in [0.15, 0.2) is 64.2 Å². The standard InChI is InChI=1S/C21H22N4O4S/c1-15-5-7-19(8-6-15)30(27,28)25-11-9-16(10-12-25)20(26)23-18-4-2-3-17(13-18)21-24-22-14-29-21/h2-8,13-14,16H,9-12H2,1H3,(H,23,26). The van der Waals surface area contributed by atoms with Crippen molar-refractivity contribution in [2.45, 2.75) is 24.7 Å². The molecule has 1 N–H and O–H groups in total. The Balaban J connectivity index is 1.38. The summed E-state index contributed by atoms with van der Waals surface area (Å²) in [4.78, 5) is 13.0. The Hall–Kier alpha value is -3.04. The van der Waals surface area contributed by atoms with Crippen molar-refractivity contribution in [1.82, 2.24) is 14.5 Å². The van der Waals surface area contributed by atoms with Crippen LogP contribution in [0.2, 0.25) is 0 Å². The number of carbonyl (C=O) groups is 1. The van der Waals surface area contributed by atoms with Crippen LogP contribution in [0.3, 0.4) is 0 Å². The summed E-state index contributed by atoms with van der Waals surface area (Å²) in [6, 6.07) is 14.0. The zero-order valence-electron chi connectivity index (χ0n) is 16.5. The zero-order valence-corrected chi connectivity index (χ0v) is 17.3. The molecule has 4 rings (SSSR count). The number of rotatable bonds is 5. The minimum atomic E-state index is -3.54. The molecule has 1 aromatic heterocycles.